The molecule has 2 heterocycles. The van der Waals surface area contributed by atoms with E-state index in [0.29, 0.717) is 16.8 Å². The SMILES string of the molecule is O=C(c1ccccc1)c1c(-c2ccc(Br)cc2)ncc2c1[nH]c1ccccc12. The third-order valence-corrected chi connectivity index (χ3v) is 5.47. The van der Waals surface area contributed by atoms with Gasteiger partial charge in [0.1, 0.15) is 0 Å². The summed E-state index contributed by atoms with van der Waals surface area (Å²) in [5.41, 5.74) is 4.65. The highest BCUT2D eigenvalue weighted by molar-refractivity contribution is 9.10. The van der Waals surface area contributed by atoms with Crippen LogP contribution in [0.25, 0.3) is 33.1 Å². The zero-order chi connectivity index (χ0) is 19.1. The van der Waals surface area contributed by atoms with E-state index < -0.39 is 0 Å². The van der Waals surface area contributed by atoms with Crippen LogP contribution in [0, 0.1) is 0 Å². The van der Waals surface area contributed by atoms with E-state index in [1.165, 1.54) is 0 Å². The maximum absolute atomic E-state index is 13.5. The summed E-state index contributed by atoms with van der Waals surface area (Å²) in [6, 6.07) is 25.3. The number of aromatic amines is 1. The number of para-hydroxylation sites is 1. The monoisotopic (exact) mass is 426 g/mol. The number of hydrogen-bond acceptors (Lipinski definition) is 2. The van der Waals surface area contributed by atoms with Crippen LogP contribution in [-0.4, -0.2) is 15.8 Å². The molecule has 0 aliphatic carbocycles. The van der Waals surface area contributed by atoms with Crippen LogP contribution in [0.4, 0.5) is 0 Å². The molecule has 0 saturated carbocycles. The Hall–Kier alpha value is -3.24. The average Bonchev–Trinajstić information content (AvgIpc) is 3.12. The van der Waals surface area contributed by atoms with Gasteiger partial charge in [0.2, 0.25) is 0 Å². The summed E-state index contributed by atoms with van der Waals surface area (Å²) in [6.07, 6.45) is 1.85. The Morgan fingerprint density at radius 2 is 1.54 bits per heavy atom. The molecule has 134 valence electrons. The molecule has 4 heteroatoms. The van der Waals surface area contributed by atoms with Crippen molar-refractivity contribution >= 4 is 43.5 Å². The largest absolute Gasteiger partial charge is 0.354 e. The van der Waals surface area contributed by atoms with Crippen LogP contribution >= 0.6 is 15.9 Å². The molecule has 3 aromatic carbocycles. The fourth-order valence-corrected chi connectivity index (χ4v) is 3.85. The number of carbonyl (C=O) groups is 1. The fourth-order valence-electron chi connectivity index (χ4n) is 3.59. The first-order valence-corrected chi connectivity index (χ1v) is 9.77. The Kier molecular flexibility index (Phi) is 4.06. The van der Waals surface area contributed by atoms with E-state index in [1.807, 2.05) is 85.1 Å². The highest BCUT2D eigenvalue weighted by atomic mass is 79.9. The maximum Gasteiger partial charge on any atom is 0.197 e. The van der Waals surface area contributed by atoms with Crippen LogP contribution in [0.2, 0.25) is 0 Å². The standard InChI is InChI=1S/C24H15BrN2O/c25-17-12-10-15(11-13-17)22-21(24(28)16-6-2-1-3-7-16)23-19(14-26-22)18-8-4-5-9-20(18)27-23/h1-14,27H. The van der Waals surface area contributed by atoms with Gasteiger partial charge in [-0.05, 0) is 18.2 Å². The third kappa shape index (κ3) is 2.74. The van der Waals surface area contributed by atoms with E-state index in [-0.39, 0.29) is 5.78 Å². The molecule has 28 heavy (non-hydrogen) atoms. The van der Waals surface area contributed by atoms with Crippen molar-refractivity contribution in [1.29, 1.82) is 0 Å². The molecule has 0 unspecified atom stereocenters. The van der Waals surface area contributed by atoms with Gasteiger partial charge in [0, 0.05) is 38.1 Å². The minimum Gasteiger partial charge on any atom is -0.354 e. The number of aromatic nitrogens is 2. The smallest absolute Gasteiger partial charge is 0.197 e. The molecule has 5 rings (SSSR count). The van der Waals surface area contributed by atoms with Crippen LogP contribution in [0.15, 0.2) is 89.5 Å². The summed E-state index contributed by atoms with van der Waals surface area (Å²) in [5.74, 6) is -0.0387. The van der Waals surface area contributed by atoms with Gasteiger partial charge in [-0.25, -0.2) is 0 Å². The van der Waals surface area contributed by atoms with Crippen LogP contribution < -0.4 is 0 Å². The van der Waals surface area contributed by atoms with E-state index in [4.69, 9.17) is 4.98 Å². The van der Waals surface area contributed by atoms with E-state index in [9.17, 15) is 4.79 Å². The van der Waals surface area contributed by atoms with Gasteiger partial charge in [0.25, 0.3) is 0 Å². The van der Waals surface area contributed by atoms with Crippen molar-refractivity contribution in [2.75, 3.05) is 0 Å². The average molecular weight is 427 g/mol. The lowest BCUT2D eigenvalue weighted by atomic mass is 9.96. The first-order chi connectivity index (χ1) is 13.7. The summed E-state index contributed by atoms with van der Waals surface area (Å²) >= 11 is 3.47. The molecule has 5 aromatic rings. The van der Waals surface area contributed by atoms with Crippen molar-refractivity contribution in [3.8, 4) is 11.3 Å². The van der Waals surface area contributed by atoms with Crippen molar-refractivity contribution in [2.24, 2.45) is 0 Å². The molecule has 0 spiro atoms. The van der Waals surface area contributed by atoms with Gasteiger partial charge in [0.05, 0.1) is 16.8 Å². The normalized spacial score (nSPS) is 11.2. The van der Waals surface area contributed by atoms with Crippen molar-refractivity contribution in [3.05, 3.63) is 101 Å². The zero-order valence-electron chi connectivity index (χ0n) is 14.8. The van der Waals surface area contributed by atoms with Crippen molar-refractivity contribution in [1.82, 2.24) is 9.97 Å². The highest BCUT2D eigenvalue weighted by Gasteiger charge is 2.22. The van der Waals surface area contributed by atoms with E-state index in [0.717, 1.165) is 31.8 Å². The molecular formula is C24H15BrN2O. The topological polar surface area (TPSA) is 45.8 Å². The molecule has 0 bridgehead atoms. The van der Waals surface area contributed by atoms with Gasteiger partial charge in [0.15, 0.2) is 5.78 Å². The van der Waals surface area contributed by atoms with E-state index >= 15 is 0 Å². The Morgan fingerprint density at radius 1 is 0.821 bits per heavy atom. The molecule has 3 nitrogen and oxygen atoms in total. The van der Waals surface area contributed by atoms with Gasteiger partial charge < -0.3 is 4.98 Å². The number of benzene rings is 3. The molecule has 0 radical (unpaired) electrons. The summed E-state index contributed by atoms with van der Waals surface area (Å²) in [4.78, 5) is 21.7. The van der Waals surface area contributed by atoms with Crippen molar-refractivity contribution in [2.45, 2.75) is 0 Å². The fraction of sp³-hybridized carbons (Fsp3) is 0. The van der Waals surface area contributed by atoms with E-state index in [1.54, 1.807) is 0 Å². The number of carbonyl (C=O) groups excluding carboxylic acids is 1. The number of fused-ring (bicyclic) bond motifs is 3. The maximum atomic E-state index is 13.5. The van der Waals surface area contributed by atoms with Gasteiger partial charge in [-0.3, -0.25) is 9.78 Å². The predicted octanol–water partition coefficient (Wildman–Crippen LogP) is 6.38. The summed E-state index contributed by atoms with van der Waals surface area (Å²) in [7, 11) is 0. The van der Waals surface area contributed by atoms with Crippen LogP contribution in [-0.2, 0) is 0 Å². The first-order valence-electron chi connectivity index (χ1n) is 8.97. The highest BCUT2D eigenvalue weighted by Crippen LogP contribution is 2.34. The number of nitrogens with zero attached hydrogens (tertiary/aromatic N) is 1. The molecule has 2 aromatic heterocycles. The van der Waals surface area contributed by atoms with Crippen molar-refractivity contribution in [3.63, 3.8) is 0 Å². The summed E-state index contributed by atoms with van der Waals surface area (Å²) < 4.78 is 0.985. The number of rotatable bonds is 3. The predicted molar refractivity (Wildman–Crippen MR) is 117 cm³/mol. The summed E-state index contributed by atoms with van der Waals surface area (Å²) in [5, 5.41) is 2.02. The second kappa shape index (κ2) is 6.73. The molecule has 0 aliphatic rings. The molecule has 0 fully saturated rings. The van der Waals surface area contributed by atoms with Crippen LogP contribution in [0.1, 0.15) is 15.9 Å². The van der Waals surface area contributed by atoms with Gasteiger partial charge in [-0.15, -0.1) is 0 Å². The van der Waals surface area contributed by atoms with Gasteiger partial charge >= 0.3 is 0 Å². The van der Waals surface area contributed by atoms with E-state index in [2.05, 4.69) is 20.9 Å². The summed E-state index contributed by atoms with van der Waals surface area (Å²) in [6.45, 7) is 0. The number of hydrogen-bond donors (Lipinski definition) is 1. The third-order valence-electron chi connectivity index (χ3n) is 4.94. The minimum absolute atomic E-state index is 0.0387. The van der Waals surface area contributed by atoms with Crippen molar-refractivity contribution < 1.29 is 4.79 Å². The second-order valence-electron chi connectivity index (χ2n) is 6.64. The number of nitrogens with one attached hydrogen (secondary N) is 1. The molecule has 0 amide bonds. The Bertz CT molecular complexity index is 1320. The lowest BCUT2D eigenvalue weighted by Gasteiger charge is -2.10. The number of halogens is 1. The number of ketones is 1. The van der Waals surface area contributed by atoms with Crippen LogP contribution in [0.5, 0.6) is 0 Å². The lowest BCUT2D eigenvalue weighted by Crippen LogP contribution is -2.06. The molecular weight excluding hydrogens is 412 g/mol. The number of pyridine rings is 1. The minimum atomic E-state index is -0.0387. The lowest BCUT2D eigenvalue weighted by molar-refractivity contribution is 0.104. The van der Waals surface area contributed by atoms with Crippen LogP contribution in [0.3, 0.4) is 0 Å². The molecule has 0 saturated heterocycles. The quantitative estimate of drug-likeness (QED) is 0.340. The Morgan fingerprint density at radius 3 is 2.32 bits per heavy atom. The number of H-pyrrole nitrogens is 1. The van der Waals surface area contributed by atoms with Gasteiger partial charge in [-0.1, -0.05) is 76.6 Å². The second-order valence-corrected chi connectivity index (χ2v) is 7.56. The first kappa shape index (κ1) is 16.9. The molecule has 0 atom stereocenters. The Labute approximate surface area is 170 Å². The molecule has 1 N–H and O–H groups in total. The molecule has 0 aliphatic heterocycles. The zero-order valence-corrected chi connectivity index (χ0v) is 16.4. The Balaban J connectivity index is 1.85. The van der Waals surface area contributed by atoms with Gasteiger partial charge in [-0.2, -0.15) is 0 Å².